The molecule has 1 aliphatic rings. The van der Waals surface area contributed by atoms with Gasteiger partial charge in [0, 0.05) is 37.0 Å². The maximum absolute atomic E-state index is 13.4. The molecule has 0 radical (unpaired) electrons. The molecule has 29 heavy (non-hydrogen) atoms. The third-order valence-electron chi connectivity index (χ3n) is 4.95. The Hall–Kier alpha value is -2.42. The number of hydrogen-bond acceptors (Lipinski definition) is 6. The van der Waals surface area contributed by atoms with Crippen LogP contribution in [0.3, 0.4) is 0 Å². The number of anilines is 1. The second-order valence-corrected chi connectivity index (χ2v) is 8.94. The van der Waals surface area contributed by atoms with Gasteiger partial charge in [0.25, 0.3) is 0 Å². The Kier molecular flexibility index (Phi) is 5.58. The molecule has 2 heterocycles. The molecule has 0 unspecified atom stereocenters. The molecule has 0 amide bonds. The van der Waals surface area contributed by atoms with Gasteiger partial charge in [-0.25, -0.2) is 18.4 Å². The first-order valence-corrected chi connectivity index (χ1v) is 11.2. The third kappa shape index (κ3) is 3.75. The van der Waals surface area contributed by atoms with Crippen LogP contribution in [0.2, 0.25) is 5.02 Å². The summed E-state index contributed by atoms with van der Waals surface area (Å²) in [4.78, 5) is 10.4. The van der Waals surface area contributed by atoms with Crippen LogP contribution in [0.5, 0.6) is 5.75 Å². The lowest BCUT2D eigenvalue weighted by atomic mass is 10.1. The Morgan fingerprint density at radius 1 is 1.07 bits per heavy atom. The van der Waals surface area contributed by atoms with Crippen LogP contribution in [0.1, 0.15) is 6.92 Å². The van der Waals surface area contributed by atoms with Gasteiger partial charge in [-0.1, -0.05) is 35.9 Å². The van der Waals surface area contributed by atoms with Crippen LogP contribution in [-0.2, 0) is 10.0 Å². The summed E-state index contributed by atoms with van der Waals surface area (Å²) in [7, 11) is -3.65. The zero-order chi connectivity index (χ0) is 20.4. The highest BCUT2D eigenvalue weighted by atomic mass is 35.5. The lowest BCUT2D eigenvalue weighted by Crippen LogP contribution is -2.49. The molecule has 0 aliphatic carbocycles. The highest BCUT2D eigenvalue weighted by Crippen LogP contribution is 2.33. The number of nitrogens with zero attached hydrogens (tertiary/aromatic N) is 4. The fourth-order valence-corrected chi connectivity index (χ4v) is 5.41. The topological polar surface area (TPSA) is 75.6 Å². The summed E-state index contributed by atoms with van der Waals surface area (Å²) < 4.78 is 34.0. The summed E-state index contributed by atoms with van der Waals surface area (Å²) >= 11 is 6.18. The standard InChI is InChI=1S/C20H21ClN4O3S/c1-2-28-18-7-8-19(16-6-4-3-5-15(16)18)29(26,27)25-11-9-24(10-12-25)20-17(21)13-22-14-23-20/h3-8,13-14H,2,9-12H2,1H3. The first-order valence-electron chi connectivity index (χ1n) is 9.37. The van der Waals surface area contributed by atoms with E-state index in [2.05, 4.69) is 9.97 Å². The molecule has 0 spiro atoms. The number of sulfonamides is 1. The minimum Gasteiger partial charge on any atom is -0.493 e. The lowest BCUT2D eigenvalue weighted by Gasteiger charge is -2.35. The largest absolute Gasteiger partial charge is 0.493 e. The predicted octanol–water partition coefficient (Wildman–Crippen LogP) is 3.19. The Morgan fingerprint density at radius 2 is 1.79 bits per heavy atom. The predicted molar refractivity (Wildman–Crippen MR) is 113 cm³/mol. The van der Waals surface area contributed by atoms with E-state index in [9.17, 15) is 8.42 Å². The molecular formula is C20H21ClN4O3S. The highest BCUT2D eigenvalue weighted by molar-refractivity contribution is 7.89. The monoisotopic (exact) mass is 432 g/mol. The van der Waals surface area contributed by atoms with Gasteiger partial charge in [-0.15, -0.1) is 0 Å². The molecule has 0 atom stereocenters. The van der Waals surface area contributed by atoms with E-state index in [1.165, 1.54) is 10.6 Å². The minimum absolute atomic E-state index is 0.296. The van der Waals surface area contributed by atoms with Crippen molar-refractivity contribution in [2.45, 2.75) is 11.8 Å². The molecule has 1 fully saturated rings. The Morgan fingerprint density at radius 3 is 2.48 bits per heavy atom. The Bertz CT molecular complexity index is 1130. The van der Waals surface area contributed by atoms with Crippen molar-refractivity contribution >= 4 is 38.2 Å². The molecule has 2 aromatic carbocycles. The van der Waals surface area contributed by atoms with Gasteiger partial charge in [0.2, 0.25) is 10.0 Å². The van der Waals surface area contributed by atoms with E-state index < -0.39 is 10.0 Å². The molecule has 0 N–H and O–H groups in total. The van der Waals surface area contributed by atoms with Gasteiger partial charge in [0.1, 0.15) is 17.1 Å². The van der Waals surface area contributed by atoms with Crippen molar-refractivity contribution in [3.05, 3.63) is 53.9 Å². The highest BCUT2D eigenvalue weighted by Gasteiger charge is 2.31. The van der Waals surface area contributed by atoms with Gasteiger partial charge in [-0.05, 0) is 19.1 Å². The molecule has 3 aromatic rings. The maximum atomic E-state index is 13.4. The van der Waals surface area contributed by atoms with Gasteiger partial charge >= 0.3 is 0 Å². The fraction of sp³-hybridized carbons (Fsp3) is 0.300. The van der Waals surface area contributed by atoms with Crippen molar-refractivity contribution in [2.75, 3.05) is 37.7 Å². The zero-order valence-corrected chi connectivity index (χ0v) is 17.5. The van der Waals surface area contributed by atoms with Gasteiger partial charge in [-0.3, -0.25) is 0 Å². The number of piperazine rings is 1. The third-order valence-corrected chi connectivity index (χ3v) is 7.17. The summed E-state index contributed by atoms with van der Waals surface area (Å²) in [5, 5.41) is 1.92. The molecule has 0 bridgehead atoms. The number of benzene rings is 2. The number of hydrogen-bond donors (Lipinski definition) is 0. The van der Waals surface area contributed by atoms with E-state index in [1.807, 2.05) is 36.1 Å². The molecule has 1 aliphatic heterocycles. The summed E-state index contributed by atoms with van der Waals surface area (Å²) in [6, 6.07) is 10.8. The summed E-state index contributed by atoms with van der Waals surface area (Å²) in [6.45, 7) is 4.14. The van der Waals surface area contributed by atoms with E-state index in [-0.39, 0.29) is 0 Å². The second-order valence-electron chi connectivity index (χ2n) is 6.63. The van der Waals surface area contributed by atoms with Gasteiger partial charge < -0.3 is 9.64 Å². The molecule has 0 saturated carbocycles. The summed E-state index contributed by atoms with van der Waals surface area (Å²) in [6.07, 6.45) is 2.98. The number of halogens is 1. The molecule has 9 heteroatoms. The van der Waals surface area contributed by atoms with E-state index in [0.717, 1.165) is 5.39 Å². The van der Waals surface area contributed by atoms with Crippen molar-refractivity contribution in [3.8, 4) is 5.75 Å². The molecule has 1 aromatic heterocycles. The van der Waals surface area contributed by atoms with E-state index >= 15 is 0 Å². The first-order chi connectivity index (χ1) is 14.0. The van der Waals surface area contributed by atoms with Crippen LogP contribution in [0.25, 0.3) is 10.8 Å². The number of aromatic nitrogens is 2. The summed E-state index contributed by atoms with van der Waals surface area (Å²) in [5.74, 6) is 1.32. The van der Waals surface area contributed by atoms with Gasteiger partial charge in [0.05, 0.1) is 17.7 Å². The van der Waals surface area contributed by atoms with Crippen LogP contribution in [0, 0.1) is 0 Å². The van der Waals surface area contributed by atoms with Crippen LogP contribution in [-0.4, -0.2) is 55.5 Å². The van der Waals surface area contributed by atoms with Crippen molar-refractivity contribution in [1.82, 2.24) is 14.3 Å². The van der Waals surface area contributed by atoms with Gasteiger partial charge in [0.15, 0.2) is 5.82 Å². The van der Waals surface area contributed by atoms with Crippen molar-refractivity contribution in [1.29, 1.82) is 0 Å². The van der Waals surface area contributed by atoms with Crippen molar-refractivity contribution in [2.24, 2.45) is 0 Å². The zero-order valence-electron chi connectivity index (χ0n) is 16.0. The Balaban J connectivity index is 1.62. The molecular weight excluding hydrogens is 412 g/mol. The average molecular weight is 433 g/mol. The maximum Gasteiger partial charge on any atom is 0.243 e. The van der Waals surface area contributed by atoms with E-state index in [1.54, 1.807) is 18.3 Å². The quantitative estimate of drug-likeness (QED) is 0.616. The Labute approximate surface area is 174 Å². The normalized spacial score (nSPS) is 15.6. The van der Waals surface area contributed by atoms with Crippen LogP contribution in [0.4, 0.5) is 5.82 Å². The molecule has 4 rings (SSSR count). The van der Waals surface area contributed by atoms with Crippen LogP contribution < -0.4 is 9.64 Å². The first kappa shape index (κ1) is 19.9. The van der Waals surface area contributed by atoms with Crippen molar-refractivity contribution in [3.63, 3.8) is 0 Å². The molecule has 152 valence electrons. The number of fused-ring (bicyclic) bond motifs is 1. The smallest absolute Gasteiger partial charge is 0.243 e. The lowest BCUT2D eigenvalue weighted by molar-refractivity contribution is 0.344. The number of ether oxygens (including phenoxy) is 1. The molecule has 1 saturated heterocycles. The van der Waals surface area contributed by atoms with Crippen molar-refractivity contribution < 1.29 is 13.2 Å². The van der Waals surface area contributed by atoms with E-state index in [4.69, 9.17) is 16.3 Å². The average Bonchev–Trinajstić information content (AvgIpc) is 2.74. The molecule has 7 nitrogen and oxygen atoms in total. The van der Waals surface area contributed by atoms with Crippen LogP contribution >= 0.6 is 11.6 Å². The van der Waals surface area contributed by atoms with E-state index in [0.29, 0.717) is 59.7 Å². The SMILES string of the molecule is CCOc1ccc(S(=O)(=O)N2CCN(c3ncncc3Cl)CC2)c2ccccc12. The minimum atomic E-state index is -3.65. The van der Waals surface area contributed by atoms with Gasteiger partial charge in [-0.2, -0.15) is 4.31 Å². The fourth-order valence-electron chi connectivity index (χ4n) is 3.57. The van der Waals surface area contributed by atoms with Crippen LogP contribution in [0.15, 0.2) is 53.8 Å². The summed E-state index contributed by atoms with van der Waals surface area (Å²) in [5.41, 5.74) is 0. The second kappa shape index (κ2) is 8.14. The number of rotatable bonds is 5.